The predicted octanol–water partition coefficient (Wildman–Crippen LogP) is -1.09. The van der Waals surface area contributed by atoms with Gasteiger partial charge >= 0.3 is 43.7 Å². The number of esters is 1. The number of hydrogen-bond acceptors (Lipinski definition) is 6. The molecule has 6 nitrogen and oxygen atoms in total. The molecule has 7 heteroatoms. The second-order valence-electron chi connectivity index (χ2n) is 2.65. The van der Waals surface area contributed by atoms with E-state index in [0.717, 1.165) is 0 Å². The fourth-order valence-electron chi connectivity index (χ4n) is 0.859. The van der Waals surface area contributed by atoms with Crippen molar-refractivity contribution >= 4 is 49.9 Å². The van der Waals surface area contributed by atoms with E-state index in [1.807, 2.05) is 0 Å². The molecule has 0 unspecified atom stereocenters. The molecule has 18 heavy (non-hydrogen) atoms. The smallest absolute Gasteiger partial charge is 0.652 e. The van der Waals surface area contributed by atoms with Crippen LogP contribution in [0, 0.1) is 0 Å². The van der Waals surface area contributed by atoms with Gasteiger partial charge in [0.1, 0.15) is 17.9 Å². The molecule has 0 heterocycles. The van der Waals surface area contributed by atoms with Crippen LogP contribution in [0.1, 0.15) is 10.4 Å². The number of carboxylic acid groups (broad SMARTS) is 2. The number of carbonyl (C=O) groups excluding carboxylic acids is 2. The molecule has 0 saturated carbocycles. The first kappa shape index (κ1) is 19.1. The molecule has 0 saturated heterocycles. The van der Waals surface area contributed by atoms with Gasteiger partial charge in [0.05, 0.1) is 0 Å². The van der Waals surface area contributed by atoms with Crippen LogP contribution in [0.2, 0.25) is 0 Å². The van der Waals surface area contributed by atoms with Gasteiger partial charge in [-0.05, 0) is 18.3 Å². The van der Waals surface area contributed by atoms with E-state index in [9.17, 15) is 9.90 Å². The van der Waals surface area contributed by atoms with Crippen LogP contribution in [0.4, 0.5) is 4.79 Å². The second kappa shape index (κ2) is 10.9. The summed E-state index contributed by atoms with van der Waals surface area (Å²) in [6.45, 7) is 3.56. The van der Waals surface area contributed by atoms with Crippen molar-refractivity contribution in [1.82, 2.24) is 0 Å². The van der Waals surface area contributed by atoms with E-state index in [0.29, 0.717) is 0 Å². The molecule has 0 aliphatic carbocycles. The molecule has 0 aromatic heterocycles. The van der Waals surface area contributed by atoms with Crippen molar-refractivity contribution < 1.29 is 29.6 Å². The van der Waals surface area contributed by atoms with Gasteiger partial charge in [0.2, 0.25) is 0 Å². The van der Waals surface area contributed by atoms with Gasteiger partial charge in [0.25, 0.3) is 0 Å². The third kappa shape index (κ3) is 8.86. The van der Waals surface area contributed by atoms with E-state index in [4.69, 9.17) is 19.7 Å². The van der Waals surface area contributed by atoms with E-state index in [2.05, 4.69) is 6.58 Å². The fourth-order valence-corrected chi connectivity index (χ4v) is 0.859. The van der Waals surface area contributed by atoms with E-state index >= 15 is 0 Å². The number of ether oxygens (including phenoxy) is 1. The van der Waals surface area contributed by atoms with Crippen molar-refractivity contribution in [3.63, 3.8) is 0 Å². The van der Waals surface area contributed by atoms with Gasteiger partial charge in [0.15, 0.2) is 0 Å². The zero-order chi connectivity index (χ0) is 13.3. The topological polar surface area (TPSA) is 110 Å². The second-order valence-corrected chi connectivity index (χ2v) is 2.65. The Morgan fingerprint density at radius 2 is 1.83 bits per heavy atom. The zero-order valence-corrected chi connectivity index (χ0v) is 11.7. The van der Waals surface area contributed by atoms with Crippen LogP contribution in [0.3, 0.4) is 0 Å². The van der Waals surface area contributed by atoms with Crippen LogP contribution < -0.4 is 10.2 Å². The summed E-state index contributed by atoms with van der Waals surface area (Å²) in [6, 6.07) is 6.23. The van der Waals surface area contributed by atoms with E-state index < -0.39 is 12.1 Å². The maximum Gasteiger partial charge on any atom is 2.00 e. The summed E-state index contributed by atoms with van der Waals surface area (Å²) in [5.74, 6) is -0.616. The number of aromatic hydroxyl groups is 1. The van der Waals surface area contributed by atoms with Crippen molar-refractivity contribution in [1.29, 1.82) is 0 Å². The average Bonchev–Trinajstić information content (AvgIpc) is 2.26. The molecule has 0 bridgehead atoms. The number of carbonyl (C=O) groups is 2. The van der Waals surface area contributed by atoms with Crippen LogP contribution in [0.15, 0.2) is 36.9 Å². The molecule has 0 spiro atoms. The normalized spacial score (nSPS) is 8.00. The Hall–Kier alpha value is -1.24. The Bertz CT molecular complexity index is 400. The number of phenols is 1. The van der Waals surface area contributed by atoms with E-state index in [-0.39, 0.29) is 55.7 Å². The Morgan fingerprint density at radius 3 is 2.28 bits per heavy atom. The Balaban J connectivity index is 0. The van der Waals surface area contributed by atoms with Gasteiger partial charge in [-0.1, -0.05) is 24.8 Å². The third-order valence-electron chi connectivity index (χ3n) is 1.46. The minimum absolute atomic E-state index is 0. The minimum Gasteiger partial charge on any atom is -0.652 e. The van der Waals surface area contributed by atoms with Crippen LogP contribution in [0.25, 0.3) is 0 Å². The Labute approximate surface area is 134 Å². The summed E-state index contributed by atoms with van der Waals surface area (Å²) in [5.41, 5.74) is 0.171. The number of rotatable bonds is 3. The molecular weight excluding hydrogens is 268 g/mol. The molecule has 0 amide bonds. The minimum atomic E-state index is -2.33. The van der Waals surface area contributed by atoms with Crippen molar-refractivity contribution in [2.75, 3.05) is 6.61 Å². The molecule has 1 aromatic carbocycles. The molecule has 1 N–H and O–H groups in total. The predicted molar refractivity (Wildman–Crippen MR) is 59.7 cm³/mol. The molecular formula is C11H10CaO6. The average molecular weight is 278 g/mol. The van der Waals surface area contributed by atoms with Crippen LogP contribution >= 0.6 is 0 Å². The first-order chi connectivity index (χ1) is 7.99. The summed E-state index contributed by atoms with van der Waals surface area (Å²) in [4.78, 5) is 19.5. The first-order valence-corrected chi connectivity index (χ1v) is 4.43. The molecule has 0 aliphatic rings. The Morgan fingerprint density at radius 1 is 1.33 bits per heavy atom. The number of phenolic OH excluding ortho intramolecular Hbond substituents is 1. The van der Waals surface area contributed by atoms with Gasteiger partial charge in [-0.15, -0.1) is 0 Å². The molecule has 0 radical (unpaired) electrons. The summed E-state index contributed by atoms with van der Waals surface area (Å²) < 4.78 is 4.74. The van der Waals surface area contributed by atoms with Gasteiger partial charge in [-0.3, -0.25) is 0 Å². The van der Waals surface area contributed by atoms with Crippen LogP contribution in [0.5, 0.6) is 5.75 Å². The molecule has 92 valence electrons. The molecule has 1 rings (SSSR count). The fraction of sp³-hybridized carbons (Fsp3) is 0.0909. The van der Waals surface area contributed by atoms with Crippen molar-refractivity contribution in [2.24, 2.45) is 0 Å². The monoisotopic (exact) mass is 278 g/mol. The number of hydrogen-bond donors (Lipinski definition) is 1. The van der Waals surface area contributed by atoms with Gasteiger partial charge in [0, 0.05) is 0 Å². The quantitative estimate of drug-likeness (QED) is 0.427. The Kier molecular flexibility index (Phi) is 11.6. The van der Waals surface area contributed by atoms with Crippen molar-refractivity contribution in [3.05, 3.63) is 42.5 Å². The summed E-state index contributed by atoms with van der Waals surface area (Å²) >= 11 is 0. The largest absolute Gasteiger partial charge is 2.00 e. The van der Waals surface area contributed by atoms with E-state index in [1.54, 1.807) is 12.1 Å². The van der Waals surface area contributed by atoms with Gasteiger partial charge in [-0.25, -0.2) is 4.79 Å². The SMILES string of the molecule is C=CCOC(=O)c1ccccc1O.O=C([O-])[O-].[Ca+2]. The number of benzene rings is 1. The van der Waals surface area contributed by atoms with Gasteiger partial charge in [-0.2, -0.15) is 0 Å². The molecule has 0 aliphatic heterocycles. The van der Waals surface area contributed by atoms with Crippen molar-refractivity contribution in [3.8, 4) is 5.75 Å². The summed E-state index contributed by atoms with van der Waals surface area (Å²) in [5, 5.41) is 25.9. The van der Waals surface area contributed by atoms with E-state index in [1.165, 1.54) is 18.2 Å². The van der Waals surface area contributed by atoms with Crippen molar-refractivity contribution in [2.45, 2.75) is 0 Å². The molecule has 0 fully saturated rings. The maximum absolute atomic E-state index is 11.2. The summed E-state index contributed by atoms with van der Waals surface area (Å²) in [7, 11) is 0. The zero-order valence-electron chi connectivity index (χ0n) is 9.50. The van der Waals surface area contributed by atoms with Crippen LogP contribution in [-0.2, 0) is 4.74 Å². The summed E-state index contributed by atoms with van der Waals surface area (Å²) in [6.07, 6.45) is -0.863. The molecule has 0 atom stereocenters. The first-order valence-electron chi connectivity index (χ1n) is 4.43. The standard InChI is InChI=1S/C10H10O3.CH2O3.Ca/c1-2-7-13-10(12)8-5-3-4-6-9(8)11;2-1(3)4;/h2-6,11H,1,7H2;(H2,2,3,4);/q;;+2/p-2. The van der Waals surface area contributed by atoms with Crippen LogP contribution in [-0.4, -0.2) is 61.6 Å². The number of para-hydroxylation sites is 1. The molecule has 1 aromatic rings. The maximum atomic E-state index is 11.2. The third-order valence-corrected chi connectivity index (χ3v) is 1.46. The van der Waals surface area contributed by atoms with Gasteiger partial charge < -0.3 is 24.9 Å².